The number of hydrogen-bond donors (Lipinski definition) is 1. The molecular weight excluding hydrogens is 330 g/mol. The molecule has 2 aliphatic rings. The Bertz CT molecular complexity index is 752. The Balaban J connectivity index is 1.32. The highest BCUT2D eigenvalue weighted by atomic mass is 16.5. The van der Waals surface area contributed by atoms with E-state index in [1.165, 1.54) is 0 Å². The van der Waals surface area contributed by atoms with E-state index in [0.29, 0.717) is 12.5 Å². The summed E-state index contributed by atoms with van der Waals surface area (Å²) in [5.74, 6) is 1.25. The van der Waals surface area contributed by atoms with Gasteiger partial charge in [0.2, 0.25) is 5.91 Å². The van der Waals surface area contributed by atoms with Gasteiger partial charge in [-0.3, -0.25) is 9.78 Å². The molecule has 2 aromatic rings. The van der Waals surface area contributed by atoms with Gasteiger partial charge < -0.3 is 15.0 Å². The van der Waals surface area contributed by atoms with Crippen LogP contribution in [-0.4, -0.2) is 46.4 Å². The average molecular weight is 353 g/mol. The van der Waals surface area contributed by atoms with E-state index in [0.717, 1.165) is 43.1 Å². The molecule has 136 valence electrons. The molecular formula is C19H23N5O2. The lowest BCUT2D eigenvalue weighted by Gasteiger charge is -2.34. The quantitative estimate of drug-likeness (QED) is 0.897. The van der Waals surface area contributed by atoms with Gasteiger partial charge in [0.15, 0.2) is 5.82 Å². The van der Waals surface area contributed by atoms with Crippen LogP contribution < -0.4 is 10.2 Å². The number of aryl methyl sites for hydroxylation is 1. The smallest absolute Gasteiger partial charge is 0.249 e. The molecule has 2 saturated heterocycles. The van der Waals surface area contributed by atoms with Gasteiger partial charge in [0.25, 0.3) is 0 Å². The number of carbonyl (C=O) groups excluding carboxylic acids is 1. The minimum Gasteiger partial charge on any atom is -0.363 e. The van der Waals surface area contributed by atoms with Gasteiger partial charge in [-0.05, 0) is 49.9 Å². The number of piperidine rings is 1. The summed E-state index contributed by atoms with van der Waals surface area (Å²) < 4.78 is 6.07. The molecule has 1 N–H and O–H groups in total. The fourth-order valence-electron chi connectivity index (χ4n) is 3.66. The second-order valence-corrected chi connectivity index (χ2v) is 6.97. The van der Waals surface area contributed by atoms with Gasteiger partial charge in [0.1, 0.15) is 6.10 Å². The fraction of sp³-hybridized carbons (Fsp3) is 0.474. The second kappa shape index (κ2) is 7.37. The van der Waals surface area contributed by atoms with Gasteiger partial charge in [0.05, 0.1) is 24.0 Å². The minimum absolute atomic E-state index is 0.0493. The molecule has 0 bridgehead atoms. The monoisotopic (exact) mass is 353 g/mol. The summed E-state index contributed by atoms with van der Waals surface area (Å²) in [6.07, 6.45) is 3.20. The number of fused-ring (bicyclic) bond motifs is 1. The first-order chi connectivity index (χ1) is 12.7. The lowest BCUT2D eigenvalue weighted by molar-refractivity contribution is -0.132. The molecule has 2 fully saturated rings. The Labute approximate surface area is 152 Å². The first-order valence-corrected chi connectivity index (χ1v) is 9.07. The number of nitrogens with one attached hydrogen (secondary N) is 1. The van der Waals surface area contributed by atoms with Crippen LogP contribution in [0.1, 0.15) is 24.2 Å². The number of nitrogens with zero attached hydrogens (tertiary/aromatic N) is 4. The summed E-state index contributed by atoms with van der Waals surface area (Å²) in [7, 11) is 0. The van der Waals surface area contributed by atoms with Crippen molar-refractivity contribution in [1.29, 1.82) is 0 Å². The highest BCUT2D eigenvalue weighted by molar-refractivity contribution is 5.81. The van der Waals surface area contributed by atoms with Crippen molar-refractivity contribution in [3.05, 3.63) is 47.9 Å². The maximum absolute atomic E-state index is 12.5. The van der Waals surface area contributed by atoms with Crippen LogP contribution in [0, 0.1) is 12.8 Å². The molecule has 2 aliphatic heterocycles. The lowest BCUT2D eigenvalue weighted by Crippen LogP contribution is -2.43. The molecule has 2 aromatic heterocycles. The van der Waals surface area contributed by atoms with Crippen LogP contribution in [0.5, 0.6) is 0 Å². The Morgan fingerprint density at radius 1 is 1.31 bits per heavy atom. The van der Waals surface area contributed by atoms with Crippen molar-refractivity contribution in [2.24, 2.45) is 5.92 Å². The highest BCUT2D eigenvalue weighted by Gasteiger charge is 2.42. The van der Waals surface area contributed by atoms with Crippen molar-refractivity contribution >= 4 is 11.7 Å². The van der Waals surface area contributed by atoms with Crippen LogP contribution in [0.15, 0.2) is 36.5 Å². The molecule has 26 heavy (non-hydrogen) atoms. The first kappa shape index (κ1) is 16.9. The minimum atomic E-state index is -0.377. The van der Waals surface area contributed by atoms with Gasteiger partial charge in [-0.2, -0.15) is 5.10 Å². The molecule has 0 unspecified atom stereocenters. The molecule has 4 rings (SSSR count). The molecule has 0 radical (unpaired) electrons. The van der Waals surface area contributed by atoms with Crippen LogP contribution in [0.2, 0.25) is 0 Å². The Morgan fingerprint density at radius 2 is 2.23 bits per heavy atom. The van der Waals surface area contributed by atoms with Crippen LogP contribution >= 0.6 is 0 Å². The fourth-order valence-corrected chi connectivity index (χ4v) is 3.66. The number of anilines is 1. The summed E-state index contributed by atoms with van der Waals surface area (Å²) in [4.78, 5) is 18.9. The largest absolute Gasteiger partial charge is 0.363 e. The molecule has 3 atom stereocenters. The normalized spacial score (nSPS) is 25.0. The van der Waals surface area contributed by atoms with Crippen LogP contribution in [0.25, 0.3) is 0 Å². The highest BCUT2D eigenvalue weighted by Crippen LogP contribution is 2.34. The van der Waals surface area contributed by atoms with Gasteiger partial charge >= 0.3 is 0 Å². The zero-order valence-electron chi connectivity index (χ0n) is 14.8. The molecule has 1 amide bonds. The molecule has 0 aromatic carbocycles. The first-order valence-electron chi connectivity index (χ1n) is 9.07. The van der Waals surface area contributed by atoms with Crippen molar-refractivity contribution < 1.29 is 9.53 Å². The maximum Gasteiger partial charge on any atom is 0.249 e. The molecule has 0 saturated carbocycles. The van der Waals surface area contributed by atoms with E-state index in [1.807, 2.05) is 37.3 Å². The van der Waals surface area contributed by atoms with Crippen molar-refractivity contribution in [2.45, 2.75) is 38.5 Å². The van der Waals surface area contributed by atoms with Crippen molar-refractivity contribution in [3.63, 3.8) is 0 Å². The van der Waals surface area contributed by atoms with E-state index in [1.54, 1.807) is 6.20 Å². The predicted octanol–water partition coefficient (Wildman–Crippen LogP) is 1.48. The van der Waals surface area contributed by atoms with E-state index >= 15 is 0 Å². The zero-order valence-corrected chi connectivity index (χ0v) is 14.8. The number of amides is 1. The number of hydrogen-bond acceptors (Lipinski definition) is 6. The number of carbonyl (C=O) groups is 1. The molecule has 7 heteroatoms. The molecule has 4 heterocycles. The van der Waals surface area contributed by atoms with Crippen molar-refractivity contribution in [3.8, 4) is 0 Å². The third-order valence-corrected chi connectivity index (χ3v) is 5.12. The van der Waals surface area contributed by atoms with E-state index in [4.69, 9.17) is 4.74 Å². The number of ether oxygens (including phenoxy) is 1. The van der Waals surface area contributed by atoms with Gasteiger partial charge in [0, 0.05) is 19.3 Å². The molecule has 0 aliphatic carbocycles. The van der Waals surface area contributed by atoms with Gasteiger partial charge in [-0.25, -0.2) is 0 Å². The Hall–Kier alpha value is -2.54. The van der Waals surface area contributed by atoms with E-state index in [2.05, 4.69) is 25.4 Å². The SMILES string of the molecule is Cc1ccc(N2CC[C@@H]3C[C@H](C(=O)NCc4ccccn4)O[C@H]3C2)nn1. The van der Waals surface area contributed by atoms with Crippen LogP contribution in [0.3, 0.4) is 0 Å². The summed E-state index contributed by atoms with van der Waals surface area (Å²) in [5, 5.41) is 11.3. The third-order valence-electron chi connectivity index (χ3n) is 5.12. The summed E-state index contributed by atoms with van der Waals surface area (Å²) in [6.45, 7) is 4.04. The Morgan fingerprint density at radius 3 is 3.00 bits per heavy atom. The Kier molecular flexibility index (Phi) is 4.79. The third kappa shape index (κ3) is 3.67. The van der Waals surface area contributed by atoms with Crippen LogP contribution in [-0.2, 0) is 16.1 Å². The zero-order chi connectivity index (χ0) is 17.9. The standard InChI is InChI=1S/C19H23N5O2/c1-13-5-6-18(23-22-13)24-9-7-14-10-16(26-17(14)12-24)19(25)21-11-15-4-2-3-8-20-15/h2-6,8,14,16-17H,7,9-12H2,1H3,(H,21,25)/t14-,16-,17+/m1/s1. The van der Waals surface area contributed by atoms with Gasteiger partial charge in [-0.1, -0.05) is 6.07 Å². The number of aromatic nitrogens is 3. The predicted molar refractivity (Wildman–Crippen MR) is 96.5 cm³/mol. The average Bonchev–Trinajstić information content (AvgIpc) is 3.11. The summed E-state index contributed by atoms with van der Waals surface area (Å²) in [6, 6.07) is 9.64. The van der Waals surface area contributed by atoms with Crippen molar-refractivity contribution in [1.82, 2.24) is 20.5 Å². The number of pyridine rings is 1. The maximum atomic E-state index is 12.5. The van der Waals surface area contributed by atoms with Crippen molar-refractivity contribution in [2.75, 3.05) is 18.0 Å². The van der Waals surface area contributed by atoms with E-state index in [9.17, 15) is 4.79 Å². The summed E-state index contributed by atoms with van der Waals surface area (Å²) >= 11 is 0. The lowest BCUT2D eigenvalue weighted by atomic mass is 9.91. The van der Waals surface area contributed by atoms with E-state index < -0.39 is 0 Å². The topological polar surface area (TPSA) is 80.2 Å². The van der Waals surface area contributed by atoms with Crippen LogP contribution in [0.4, 0.5) is 5.82 Å². The molecule has 7 nitrogen and oxygen atoms in total. The number of rotatable bonds is 4. The second-order valence-electron chi connectivity index (χ2n) is 6.97. The summed E-state index contributed by atoms with van der Waals surface area (Å²) in [5.41, 5.74) is 1.76. The molecule has 0 spiro atoms. The van der Waals surface area contributed by atoms with E-state index in [-0.39, 0.29) is 18.1 Å². The van der Waals surface area contributed by atoms with Gasteiger partial charge in [-0.15, -0.1) is 5.10 Å².